The molecule has 0 aliphatic rings. The number of fused-ring (bicyclic) bond motifs is 18. The Kier molecular flexibility index (Phi) is 12.0. The molecule has 7 aromatic heterocycles. The van der Waals surface area contributed by atoms with Gasteiger partial charge in [-0.1, -0.05) is 200 Å². The summed E-state index contributed by atoms with van der Waals surface area (Å²) in [6, 6.07) is 120. The van der Waals surface area contributed by atoms with Gasteiger partial charge in [-0.25, -0.2) is 9.97 Å². The molecule has 0 bridgehead atoms. The van der Waals surface area contributed by atoms with E-state index in [1.807, 2.05) is 36.4 Å². The molecule has 8 nitrogen and oxygen atoms in total. The minimum Gasteiger partial charge on any atom is -0.456 e. The van der Waals surface area contributed by atoms with E-state index < -0.39 is 0 Å². The molecule has 0 aliphatic heterocycles. The molecule has 15 aromatic carbocycles. The summed E-state index contributed by atoms with van der Waals surface area (Å²) in [5, 5.41) is 13.7. The molecule has 102 heavy (non-hydrogen) atoms. The van der Waals surface area contributed by atoms with Crippen LogP contribution in [0.3, 0.4) is 0 Å². The van der Waals surface area contributed by atoms with Gasteiger partial charge in [0.2, 0.25) is 0 Å². The number of hydrogen-bond acceptors (Lipinski definition) is 5. The van der Waals surface area contributed by atoms with Crippen LogP contribution >= 0.6 is 0 Å². The first kappa shape index (κ1) is 56.2. The lowest BCUT2D eigenvalue weighted by Crippen LogP contribution is -1.99. The van der Waals surface area contributed by atoms with Gasteiger partial charge >= 0.3 is 0 Å². The molecule has 8 heteroatoms. The maximum Gasteiger partial charge on any atom is 0.160 e. The molecule has 0 amide bonds. The van der Waals surface area contributed by atoms with Crippen LogP contribution in [0.4, 0.5) is 0 Å². The summed E-state index contributed by atoms with van der Waals surface area (Å²) in [6.07, 6.45) is 0. The molecule has 0 fully saturated rings. The van der Waals surface area contributed by atoms with E-state index >= 15 is 0 Å². The van der Waals surface area contributed by atoms with E-state index in [4.69, 9.17) is 23.2 Å². The van der Waals surface area contributed by atoms with Crippen LogP contribution in [-0.4, -0.2) is 23.7 Å². The predicted molar refractivity (Wildman–Crippen MR) is 419 cm³/mol. The molecule has 474 valence electrons. The lowest BCUT2D eigenvalue weighted by Gasteiger charge is -2.14. The lowest BCUT2D eigenvalue weighted by molar-refractivity contribution is 0.668. The Balaban J connectivity index is 0.691. The maximum absolute atomic E-state index is 6.42. The van der Waals surface area contributed by atoms with E-state index in [9.17, 15) is 0 Å². The zero-order valence-corrected chi connectivity index (χ0v) is 54.7. The number of furan rings is 3. The van der Waals surface area contributed by atoms with Gasteiger partial charge in [-0.05, 0) is 167 Å². The van der Waals surface area contributed by atoms with Crippen molar-refractivity contribution in [2.24, 2.45) is 0 Å². The van der Waals surface area contributed by atoms with Crippen molar-refractivity contribution in [1.29, 1.82) is 0 Å². The number of aromatic nitrogens is 5. The second-order valence-corrected chi connectivity index (χ2v) is 26.8. The SMILES string of the molecule is c1cc(-c2cc(-c3ccc(-n4c5ccccc5c5ccc(-c6ccc7c(c6)oc6ccccc67)cc54)cc3)nc(-c3cccc(-n4c5ccccc5c5ccc(-c6ccc7c(c6)oc6ccccc67)cc54)c3)n2)cc(-n2c3ccccc3c3ccc(-c4ccc5c(c4)oc4ccccc45)cc32)c1. The number of nitrogens with zero attached hydrogens (tertiary/aromatic N) is 5. The Morgan fingerprint density at radius 3 is 0.902 bits per heavy atom. The second kappa shape index (κ2) is 21.8. The molecule has 0 aliphatic carbocycles. The van der Waals surface area contributed by atoms with Crippen molar-refractivity contribution in [1.82, 2.24) is 23.7 Å². The van der Waals surface area contributed by atoms with Crippen molar-refractivity contribution < 1.29 is 13.3 Å². The third-order valence-electron chi connectivity index (χ3n) is 21.1. The van der Waals surface area contributed by atoms with Gasteiger partial charge in [-0.2, -0.15) is 0 Å². The smallest absolute Gasteiger partial charge is 0.160 e. The van der Waals surface area contributed by atoms with Crippen LogP contribution in [0.25, 0.3) is 216 Å². The number of para-hydroxylation sites is 6. The molecule has 0 saturated carbocycles. The Labute approximate surface area is 582 Å². The van der Waals surface area contributed by atoms with Crippen LogP contribution in [0.1, 0.15) is 0 Å². The minimum atomic E-state index is 0.609. The summed E-state index contributed by atoms with van der Waals surface area (Å²) in [4.78, 5) is 11.2. The molecular weight excluding hydrogens is 1250 g/mol. The van der Waals surface area contributed by atoms with E-state index in [1.165, 1.54) is 32.3 Å². The third kappa shape index (κ3) is 8.69. The highest BCUT2D eigenvalue weighted by Gasteiger charge is 2.22. The van der Waals surface area contributed by atoms with E-state index in [2.05, 4.69) is 311 Å². The van der Waals surface area contributed by atoms with Crippen LogP contribution in [0, 0.1) is 0 Å². The molecule has 7 heterocycles. The Hall–Kier alpha value is -13.8. The average molecular weight is 1300 g/mol. The Morgan fingerprint density at radius 1 is 0.176 bits per heavy atom. The van der Waals surface area contributed by atoms with Gasteiger partial charge in [0.25, 0.3) is 0 Å². The summed E-state index contributed by atoms with van der Waals surface area (Å²) in [5.74, 6) is 0.609. The Bertz CT molecular complexity index is 6980. The molecule has 0 saturated heterocycles. The van der Waals surface area contributed by atoms with Gasteiger partial charge in [0.1, 0.15) is 33.5 Å². The van der Waals surface area contributed by atoms with Gasteiger partial charge in [-0.15, -0.1) is 0 Å². The molecule has 22 rings (SSSR count). The van der Waals surface area contributed by atoms with E-state index in [-0.39, 0.29) is 0 Å². The lowest BCUT2D eigenvalue weighted by atomic mass is 10.0. The summed E-state index contributed by atoms with van der Waals surface area (Å²) >= 11 is 0. The van der Waals surface area contributed by atoms with Crippen LogP contribution in [-0.2, 0) is 0 Å². The maximum atomic E-state index is 6.42. The fourth-order valence-electron chi connectivity index (χ4n) is 16.2. The van der Waals surface area contributed by atoms with Crippen molar-refractivity contribution in [2.45, 2.75) is 0 Å². The van der Waals surface area contributed by atoms with Crippen LogP contribution in [0.5, 0.6) is 0 Å². The highest BCUT2D eigenvalue weighted by atomic mass is 16.3. The molecule has 0 radical (unpaired) electrons. The normalized spacial score (nSPS) is 12.1. The van der Waals surface area contributed by atoms with E-state index in [0.717, 1.165) is 177 Å². The Morgan fingerprint density at radius 2 is 0.480 bits per heavy atom. The van der Waals surface area contributed by atoms with Gasteiger partial charge in [0.05, 0.1) is 44.5 Å². The first-order chi connectivity index (χ1) is 50.5. The quantitative estimate of drug-likeness (QED) is 0.144. The zero-order valence-electron chi connectivity index (χ0n) is 54.7. The van der Waals surface area contributed by atoms with E-state index in [1.54, 1.807) is 0 Å². The zero-order chi connectivity index (χ0) is 66.7. The van der Waals surface area contributed by atoms with Gasteiger partial charge in [0.15, 0.2) is 5.82 Å². The standard InChI is InChI=1S/C94H55N5O3/c1-7-25-82-68(19-1)71-41-33-57(60-36-44-77-74-22-4-10-28-88(74)100-91(77)52-60)49-85(71)97(82)65-39-31-56(32-40-65)80-55-81(63-15-13-17-66(47-63)98-83-26-8-2-20-69(83)72-42-34-58(50-86(72)98)61-37-45-78-75-23-5-11-29-89(75)101-92(78)53-61)96-94(95-80)64-16-14-18-67(48-64)99-84-27-9-3-21-70(84)73-43-35-59(51-87(73)99)62-38-46-79-76-24-6-12-30-90(76)102-93(79)54-62/h1-55H. The largest absolute Gasteiger partial charge is 0.456 e. The third-order valence-corrected chi connectivity index (χ3v) is 21.1. The van der Waals surface area contributed by atoms with Gasteiger partial charge < -0.3 is 27.0 Å². The first-order valence-corrected chi connectivity index (χ1v) is 34.6. The molecule has 0 N–H and O–H groups in total. The number of hydrogen-bond donors (Lipinski definition) is 0. The molecule has 22 aromatic rings. The molecule has 0 unspecified atom stereocenters. The van der Waals surface area contributed by atoms with Crippen molar-refractivity contribution in [3.05, 3.63) is 334 Å². The average Bonchev–Trinajstić information content (AvgIpc) is 1.59. The van der Waals surface area contributed by atoms with Gasteiger partial charge in [-0.3, -0.25) is 0 Å². The van der Waals surface area contributed by atoms with Crippen molar-refractivity contribution in [3.63, 3.8) is 0 Å². The highest BCUT2D eigenvalue weighted by Crippen LogP contribution is 2.43. The highest BCUT2D eigenvalue weighted by molar-refractivity contribution is 6.15. The number of benzene rings is 15. The monoisotopic (exact) mass is 1300 g/mol. The minimum absolute atomic E-state index is 0.609. The summed E-state index contributed by atoms with van der Waals surface area (Å²) in [6.45, 7) is 0. The van der Waals surface area contributed by atoms with Crippen molar-refractivity contribution in [3.8, 4) is 84.3 Å². The summed E-state index contributed by atoms with van der Waals surface area (Å²) in [5.41, 5.74) is 26.0. The fraction of sp³-hybridized carbons (Fsp3) is 0. The van der Waals surface area contributed by atoms with Crippen LogP contribution in [0.2, 0.25) is 0 Å². The molecule has 0 spiro atoms. The second-order valence-electron chi connectivity index (χ2n) is 26.8. The van der Waals surface area contributed by atoms with E-state index in [0.29, 0.717) is 5.82 Å². The first-order valence-electron chi connectivity index (χ1n) is 34.6. The van der Waals surface area contributed by atoms with Crippen molar-refractivity contribution >= 4 is 131 Å². The molecular formula is C94H55N5O3. The summed E-state index contributed by atoms with van der Waals surface area (Å²) < 4.78 is 26.4. The number of rotatable bonds is 9. The summed E-state index contributed by atoms with van der Waals surface area (Å²) in [7, 11) is 0. The molecule has 0 atom stereocenters. The van der Waals surface area contributed by atoms with Gasteiger partial charge in [0, 0.05) is 98.4 Å². The predicted octanol–water partition coefficient (Wildman–Crippen LogP) is 25.5. The fourth-order valence-corrected chi connectivity index (χ4v) is 16.2. The van der Waals surface area contributed by atoms with Crippen molar-refractivity contribution in [2.75, 3.05) is 0 Å². The van der Waals surface area contributed by atoms with Crippen LogP contribution < -0.4 is 0 Å². The topological polar surface area (TPSA) is 80.0 Å². The van der Waals surface area contributed by atoms with Crippen LogP contribution in [0.15, 0.2) is 347 Å².